The number of halogens is 3. The molecule has 0 saturated heterocycles. The van der Waals surface area contributed by atoms with Crippen LogP contribution in [-0.4, -0.2) is 21.9 Å². The first-order chi connectivity index (χ1) is 11.5. The largest absolute Gasteiger partial charge is 0.483 e. The van der Waals surface area contributed by atoms with Crippen LogP contribution < -0.4 is 0 Å². The van der Waals surface area contributed by atoms with Crippen molar-refractivity contribution in [3.05, 3.63) is 56.6 Å². The van der Waals surface area contributed by atoms with Gasteiger partial charge in [0.1, 0.15) is 6.10 Å². The van der Waals surface area contributed by atoms with Gasteiger partial charge in [-0.2, -0.15) is 18.3 Å². The molecule has 0 aliphatic heterocycles. The van der Waals surface area contributed by atoms with Crippen LogP contribution >= 0.6 is 0 Å². The summed E-state index contributed by atoms with van der Waals surface area (Å²) in [6.45, 7) is 9.35. The molecule has 0 spiro atoms. The predicted molar refractivity (Wildman–Crippen MR) is 93.8 cm³/mol. The maximum atomic E-state index is 12.6. The number of ether oxygens (including phenoxy) is 1. The molecule has 153 valence electrons. The summed E-state index contributed by atoms with van der Waals surface area (Å²) in [6.07, 6.45) is -1.52. The Morgan fingerprint density at radius 2 is 1.71 bits per heavy atom. The molecular weight excluding hydrogens is 618 g/mol. The molecule has 4 nitrogen and oxygen atoms in total. The SMILES string of the molecule is [CH2-]C(=O)OC(Cn1cc(-c2ccc(C(F)(F)F)cc2)cn1)C(C)(C)C.[CH3-].[W].[Y]. The number of benzene rings is 1. The van der Waals surface area contributed by atoms with Gasteiger partial charge in [-0.25, -0.2) is 0 Å². The zero-order chi connectivity index (χ0) is 18.8. The number of nitrogens with zero attached hydrogens (tertiary/aromatic N) is 2. The molecule has 28 heavy (non-hydrogen) atoms. The van der Waals surface area contributed by atoms with Gasteiger partial charge in [0.2, 0.25) is 0 Å². The third kappa shape index (κ3) is 8.38. The summed E-state index contributed by atoms with van der Waals surface area (Å²) in [5, 5.41) is 4.21. The summed E-state index contributed by atoms with van der Waals surface area (Å²) in [7, 11) is 0. The molecule has 0 fully saturated rings. The minimum atomic E-state index is -4.36. The van der Waals surface area contributed by atoms with Crippen molar-refractivity contribution in [2.75, 3.05) is 0 Å². The Bertz CT molecular complexity index is 741. The molecular formula is C19H23F3N2O2WY-2. The van der Waals surface area contributed by atoms with Crippen molar-refractivity contribution in [2.45, 2.75) is 39.6 Å². The summed E-state index contributed by atoms with van der Waals surface area (Å²) in [5.41, 5.74) is 0.301. The van der Waals surface area contributed by atoms with E-state index in [9.17, 15) is 18.0 Å². The van der Waals surface area contributed by atoms with Gasteiger partial charge >= 0.3 is 6.18 Å². The first-order valence-corrected chi connectivity index (χ1v) is 7.69. The smallest absolute Gasteiger partial charge is 0.416 e. The van der Waals surface area contributed by atoms with E-state index in [1.54, 1.807) is 17.1 Å². The maximum Gasteiger partial charge on any atom is 0.416 e. The number of esters is 1. The van der Waals surface area contributed by atoms with E-state index < -0.39 is 23.8 Å². The molecule has 1 atom stereocenters. The second kappa shape index (κ2) is 11.5. The van der Waals surface area contributed by atoms with Crippen LogP contribution in [0, 0.1) is 19.8 Å². The Balaban J connectivity index is 0. The van der Waals surface area contributed by atoms with E-state index in [1.165, 1.54) is 12.1 Å². The van der Waals surface area contributed by atoms with E-state index in [1.807, 2.05) is 20.8 Å². The second-order valence-corrected chi connectivity index (χ2v) is 6.87. The minimum absolute atomic E-state index is 0. The molecule has 0 aliphatic carbocycles. The quantitative estimate of drug-likeness (QED) is 0.356. The molecule has 0 N–H and O–H groups in total. The molecule has 1 radical (unpaired) electrons. The number of aromatic nitrogens is 2. The Labute approximate surface area is 203 Å². The average Bonchev–Trinajstić information content (AvgIpc) is 2.93. The number of hydrogen-bond acceptors (Lipinski definition) is 3. The van der Waals surface area contributed by atoms with Crippen molar-refractivity contribution in [3.8, 4) is 11.1 Å². The zero-order valence-corrected chi connectivity index (χ0v) is 22.1. The third-order valence-electron chi connectivity index (χ3n) is 3.77. The van der Waals surface area contributed by atoms with E-state index in [0.717, 1.165) is 12.1 Å². The van der Waals surface area contributed by atoms with Crippen LogP contribution in [0.15, 0.2) is 36.7 Å². The first kappa shape index (κ1) is 29.6. The van der Waals surface area contributed by atoms with Gasteiger partial charge in [-0.15, -0.1) is 0 Å². The maximum absolute atomic E-state index is 12.6. The molecule has 1 aromatic carbocycles. The van der Waals surface area contributed by atoms with Gasteiger partial charge in [0.15, 0.2) is 5.97 Å². The van der Waals surface area contributed by atoms with Crippen LogP contribution in [0.2, 0.25) is 0 Å². The summed E-state index contributed by atoms with van der Waals surface area (Å²) in [4.78, 5) is 11.2. The molecule has 9 heteroatoms. The van der Waals surface area contributed by atoms with Crippen molar-refractivity contribution >= 4 is 5.97 Å². The minimum Gasteiger partial charge on any atom is -0.483 e. The number of alkyl halides is 3. The van der Waals surface area contributed by atoms with Crippen LogP contribution in [0.3, 0.4) is 0 Å². The normalized spacial score (nSPS) is 12.1. The number of hydrogen-bond donors (Lipinski definition) is 0. The molecule has 2 rings (SSSR count). The molecule has 1 heterocycles. The van der Waals surface area contributed by atoms with Gasteiger partial charge in [-0.3, -0.25) is 16.4 Å². The fourth-order valence-electron chi connectivity index (χ4n) is 2.28. The molecule has 0 aliphatic rings. The summed E-state index contributed by atoms with van der Waals surface area (Å²) >= 11 is 0. The van der Waals surface area contributed by atoms with Crippen molar-refractivity contribution in [3.63, 3.8) is 0 Å². The average molecular weight is 641 g/mol. The topological polar surface area (TPSA) is 44.1 Å². The van der Waals surface area contributed by atoms with E-state index in [4.69, 9.17) is 4.74 Å². The van der Waals surface area contributed by atoms with E-state index in [0.29, 0.717) is 17.7 Å². The molecule has 1 unspecified atom stereocenters. The van der Waals surface area contributed by atoms with Crippen LogP contribution in [0.1, 0.15) is 26.3 Å². The Morgan fingerprint density at radius 3 is 2.14 bits per heavy atom. The van der Waals surface area contributed by atoms with Gasteiger partial charge in [0.25, 0.3) is 0 Å². The first-order valence-electron chi connectivity index (χ1n) is 7.69. The Hall–Kier alpha value is -0.648. The van der Waals surface area contributed by atoms with Gasteiger partial charge in [-0.05, 0) is 17.7 Å². The predicted octanol–water partition coefficient (Wildman–Crippen LogP) is 4.81. The number of carbonyl (C=O) groups excluding carboxylic acids is 1. The van der Waals surface area contributed by atoms with Crippen LogP contribution in [0.4, 0.5) is 13.2 Å². The van der Waals surface area contributed by atoms with Crippen LogP contribution in [0.5, 0.6) is 0 Å². The third-order valence-corrected chi connectivity index (χ3v) is 3.77. The van der Waals surface area contributed by atoms with Gasteiger partial charge < -0.3 is 12.2 Å². The van der Waals surface area contributed by atoms with Gasteiger partial charge in [0.05, 0.1) is 18.3 Å². The van der Waals surface area contributed by atoms with Gasteiger partial charge in [0, 0.05) is 70.9 Å². The van der Waals surface area contributed by atoms with E-state index >= 15 is 0 Å². The number of carbonyl (C=O) groups is 1. The van der Waals surface area contributed by atoms with Crippen molar-refractivity contribution < 1.29 is 76.5 Å². The molecule has 2 aromatic rings. The fourth-order valence-corrected chi connectivity index (χ4v) is 2.28. The second-order valence-electron chi connectivity index (χ2n) is 6.87. The number of rotatable bonds is 4. The zero-order valence-electron chi connectivity index (χ0n) is 16.3. The summed E-state index contributed by atoms with van der Waals surface area (Å²) < 4.78 is 44.7. The van der Waals surface area contributed by atoms with Crippen molar-refractivity contribution in [1.29, 1.82) is 0 Å². The summed E-state index contributed by atoms with van der Waals surface area (Å²) in [6, 6.07) is 4.88. The van der Waals surface area contributed by atoms with Crippen LogP contribution in [0.25, 0.3) is 11.1 Å². The molecule has 0 bridgehead atoms. The van der Waals surface area contributed by atoms with Crippen molar-refractivity contribution in [2.24, 2.45) is 5.41 Å². The standard InChI is InChI=1S/C18H20F3N2O2.CH3.W.Y/c1-12(24)25-16(17(2,3)4)11-23-10-14(9-22-23)13-5-7-15(8-6-13)18(19,20)21;;;/h5-10,16H,1,11H2,2-4H3;1H3;;/q2*-1;;. The monoisotopic (exact) mass is 641 g/mol. The van der Waals surface area contributed by atoms with Crippen molar-refractivity contribution in [1.82, 2.24) is 9.78 Å². The van der Waals surface area contributed by atoms with E-state index in [2.05, 4.69) is 12.0 Å². The van der Waals surface area contributed by atoms with E-state index in [-0.39, 0.29) is 66.6 Å². The molecule has 0 saturated carbocycles. The van der Waals surface area contributed by atoms with Gasteiger partial charge in [-0.1, -0.05) is 32.9 Å². The molecule has 1 aromatic heterocycles. The Morgan fingerprint density at radius 1 is 1.18 bits per heavy atom. The fraction of sp³-hybridized carbons (Fsp3) is 0.368. The summed E-state index contributed by atoms with van der Waals surface area (Å²) in [5.74, 6) is -0.616. The Kier molecular flexibility index (Phi) is 12.2. The molecule has 0 amide bonds. The van der Waals surface area contributed by atoms with Crippen LogP contribution in [-0.2, 0) is 76.0 Å².